The molecule has 0 atom stereocenters. The topological polar surface area (TPSA) is 127 Å². The molecule has 1 aromatic carbocycles. The molecule has 1 aromatic heterocycles. The summed E-state index contributed by atoms with van der Waals surface area (Å²) >= 11 is 1.21. The second kappa shape index (κ2) is 6.65. The summed E-state index contributed by atoms with van der Waals surface area (Å²) in [5, 5.41) is 8.31. The first-order valence-electron chi connectivity index (χ1n) is 7.55. The van der Waals surface area contributed by atoms with E-state index in [1.807, 2.05) is 11.5 Å². The van der Waals surface area contributed by atoms with Gasteiger partial charge in [-0.2, -0.15) is 0 Å². The number of amides is 3. The van der Waals surface area contributed by atoms with Crippen LogP contribution < -0.4 is 10.5 Å². The highest BCUT2D eigenvalue weighted by molar-refractivity contribution is 7.99. The number of carbonyl (C=O) groups is 2. The second-order valence-corrected chi connectivity index (χ2v) is 7.90. The van der Waals surface area contributed by atoms with E-state index in [4.69, 9.17) is 5.14 Å². The largest absolute Gasteiger partial charge is 0.336 e. The molecule has 0 radical (unpaired) electrons. The number of nitrogens with zero attached hydrogens (tertiary/aromatic N) is 3. The minimum Gasteiger partial charge on any atom is -0.336 e. The van der Waals surface area contributed by atoms with Gasteiger partial charge in [0.25, 0.3) is 0 Å². The number of thioether (sulfide) groups is 1. The van der Waals surface area contributed by atoms with E-state index in [9.17, 15) is 18.0 Å². The van der Waals surface area contributed by atoms with Gasteiger partial charge in [0.05, 0.1) is 21.7 Å². The van der Waals surface area contributed by atoms with Crippen LogP contribution in [0.2, 0.25) is 0 Å². The zero-order valence-corrected chi connectivity index (χ0v) is 15.1. The van der Waals surface area contributed by atoms with Crippen molar-refractivity contribution in [2.75, 3.05) is 18.8 Å². The number of rotatable bonds is 5. The SMILES string of the molecule is CCn1c(SCC(=O)N2CCNC2=O)nc2cc(S(N)(=O)=O)ccc21. The van der Waals surface area contributed by atoms with E-state index in [1.54, 1.807) is 6.07 Å². The lowest BCUT2D eigenvalue weighted by atomic mass is 10.3. The lowest BCUT2D eigenvalue weighted by Gasteiger charge is -2.11. The third kappa shape index (κ3) is 3.48. The first-order valence-corrected chi connectivity index (χ1v) is 10.1. The molecule has 3 N–H and O–H groups in total. The molecule has 25 heavy (non-hydrogen) atoms. The van der Waals surface area contributed by atoms with Crippen LogP contribution in [0.5, 0.6) is 0 Å². The molecule has 0 spiro atoms. The Morgan fingerprint density at radius 1 is 1.44 bits per heavy atom. The van der Waals surface area contributed by atoms with Crippen LogP contribution in [-0.2, 0) is 21.4 Å². The van der Waals surface area contributed by atoms with E-state index in [2.05, 4.69) is 10.3 Å². The van der Waals surface area contributed by atoms with Gasteiger partial charge in [-0.05, 0) is 25.1 Å². The number of hydrogen-bond acceptors (Lipinski definition) is 6. The van der Waals surface area contributed by atoms with Crippen molar-refractivity contribution in [3.05, 3.63) is 18.2 Å². The van der Waals surface area contributed by atoms with E-state index < -0.39 is 10.0 Å². The number of primary sulfonamides is 1. The molecule has 2 aromatic rings. The van der Waals surface area contributed by atoms with E-state index in [0.29, 0.717) is 30.3 Å². The molecule has 0 aliphatic carbocycles. The fourth-order valence-corrected chi connectivity index (χ4v) is 4.08. The van der Waals surface area contributed by atoms with Gasteiger partial charge in [-0.25, -0.2) is 23.3 Å². The highest BCUT2D eigenvalue weighted by Gasteiger charge is 2.26. The zero-order valence-electron chi connectivity index (χ0n) is 13.4. The average molecular weight is 383 g/mol. The number of imide groups is 1. The number of carbonyl (C=O) groups excluding carboxylic acids is 2. The van der Waals surface area contributed by atoms with Crippen molar-refractivity contribution in [2.45, 2.75) is 23.5 Å². The number of aromatic nitrogens is 2. The van der Waals surface area contributed by atoms with E-state index in [1.165, 1.54) is 28.8 Å². The number of imidazole rings is 1. The first kappa shape index (κ1) is 17.7. The van der Waals surface area contributed by atoms with Gasteiger partial charge in [0.2, 0.25) is 15.9 Å². The van der Waals surface area contributed by atoms with Crippen molar-refractivity contribution in [2.24, 2.45) is 5.14 Å². The van der Waals surface area contributed by atoms with Crippen LogP contribution in [0.4, 0.5) is 4.79 Å². The van der Waals surface area contributed by atoms with Crippen molar-refractivity contribution in [3.8, 4) is 0 Å². The average Bonchev–Trinajstić information content (AvgIpc) is 3.13. The molecule has 0 bridgehead atoms. The summed E-state index contributed by atoms with van der Waals surface area (Å²) < 4.78 is 24.8. The summed E-state index contributed by atoms with van der Waals surface area (Å²) in [5.41, 5.74) is 1.24. The Hall–Kier alpha value is -2.11. The number of fused-ring (bicyclic) bond motifs is 1. The van der Waals surface area contributed by atoms with Gasteiger partial charge in [-0.15, -0.1) is 0 Å². The first-order chi connectivity index (χ1) is 11.8. The Bertz CT molecular complexity index is 954. The van der Waals surface area contributed by atoms with E-state index >= 15 is 0 Å². The van der Waals surface area contributed by atoms with Gasteiger partial charge in [-0.1, -0.05) is 11.8 Å². The van der Waals surface area contributed by atoms with E-state index in [-0.39, 0.29) is 22.6 Å². The van der Waals surface area contributed by atoms with Crippen molar-refractivity contribution in [3.63, 3.8) is 0 Å². The maximum absolute atomic E-state index is 12.1. The Kier molecular flexibility index (Phi) is 4.71. The smallest absolute Gasteiger partial charge is 0.324 e. The minimum absolute atomic E-state index is 0.0119. The highest BCUT2D eigenvalue weighted by atomic mass is 32.2. The molecule has 1 fully saturated rings. The molecule has 11 heteroatoms. The van der Waals surface area contributed by atoms with E-state index in [0.717, 1.165) is 5.52 Å². The van der Waals surface area contributed by atoms with Crippen molar-refractivity contribution >= 4 is 44.8 Å². The predicted molar refractivity (Wildman–Crippen MR) is 92.6 cm³/mol. The van der Waals surface area contributed by atoms with Crippen molar-refractivity contribution < 1.29 is 18.0 Å². The fraction of sp³-hybridized carbons (Fsp3) is 0.357. The zero-order chi connectivity index (χ0) is 18.2. The molecule has 1 saturated heterocycles. The minimum atomic E-state index is -3.81. The number of hydrogen-bond donors (Lipinski definition) is 2. The fourth-order valence-electron chi connectivity index (χ4n) is 2.59. The third-order valence-corrected chi connectivity index (χ3v) is 5.68. The maximum atomic E-state index is 12.1. The number of nitrogens with one attached hydrogen (secondary N) is 1. The molecular formula is C14H17N5O4S2. The van der Waals surface area contributed by atoms with Crippen LogP contribution in [0.3, 0.4) is 0 Å². The quantitative estimate of drug-likeness (QED) is 0.717. The number of aryl methyl sites for hydroxylation is 1. The Morgan fingerprint density at radius 3 is 2.80 bits per heavy atom. The summed E-state index contributed by atoms with van der Waals surface area (Å²) in [7, 11) is -3.81. The predicted octanol–water partition coefficient (Wildman–Crippen LogP) is 0.348. The number of benzene rings is 1. The maximum Gasteiger partial charge on any atom is 0.324 e. The van der Waals surface area contributed by atoms with Crippen LogP contribution >= 0.6 is 11.8 Å². The Labute approximate surface area is 148 Å². The van der Waals surface area contributed by atoms with Gasteiger partial charge in [0.15, 0.2) is 5.16 Å². The summed E-state index contributed by atoms with van der Waals surface area (Å²) in [5.74, 6) is -0.223. The Morgan fingerprint density at radius 2 is 2.20 bits per heavy atom. The van der Waals surface area contributed by atoms with Crippen LogP contribution in [0.25, 0.3) is 11.0 Å². The van der Waals surface area contributed by atoms with Gasteiger partial charge in [0, 0.05) is 19.6 Å². The van der Waals surface area contributed by atoms with Crippen LogP contribution in [0.15, 0.2) is 28.3 Å². The molecule has 1 aliphatic heterocycles. The van der Waals surface area contributed by atoms with Crippen LogP contribution in [-0.4, -0.2) is 53.6 Å². The molecule has 3 amide bonds. The summed E-state index contributed by atoms with van der Waals surface area (Å²) in [6.45, 7) is 3.35. The normalized spacial score (nSPS) is 15.0. The molecular weight excluding hydrogens is 366 g/mol. The summed E-state index contributed by atoms with van der Waals surface area (Å²) in [6, 6.07) is 4.11. The number of nitrogens with two attached hydrogens (primary N) is 1. The lowest BCUT2D eigenvalue weighted by Crippen LogP contribution is -2.35. The van der Waals surface area contributed by atoms with Crippen molar-refractivity contribution in [1.82, 2.24) is 19.8 Å². The summed E-state index contributed by atoms with van der Waals surface area (Å²) in [4.78, 5) is 29.2. The number of sulfonamides is 1. The standard InChI is InChI=1S/C14H17N5O4S2/c1-2-18-11-4-3-9(25(15,22)23)7-10(11)17-14(18)24-8-12(20)19-6-5-16-13(19)21/h3-4,7H,2,5-6,8H2,1H3,(H,16,21)(H2,15,22,23). The molecule has 134 valence electrons. The Balaban J connectivity index is 1.85. The van der Waals surface area contributed by atoms with Crippen molar-refractivity contribution in [1.29, 1.82) is 0 Å². The molecule has 2 heterocycles. The molecule has 0 saturated carbocycles. The lowest BCUT2D eigenvalue weighted by molar-refractivity contribution is -0.124. The van der Waals surface area contributed by atoms with Gasteiger partial charge >= 0.3 is 6.03 Å². The number of urea groups is 1. The van der Waals surface area contributed by atoms with Crippen LogP contribution in [0, 0.1) is 0 Å². The summed E-state index contributed by atoms with van der Waals surface area (Å²) in [6.07, 6.45) is 0. The second-order valence-electron chi connectivity index (χ2n) is 5.40. The molecule has 0 unspecified atom stereocenters. The monoisotopic (exact) mass is 383 g/mol. The molecule has 9 nitrogen and oxygen atoms in total. The molecule has 3 rings (SSSR count). The highest BCUT2D eigenvalue weighted by Crippen LogP contribution is 2.26. The van der Waals surface area contributed by atoms with Gasteiger partial charge in [0.1, 0.15) is 0 Å². The van der Waals surface area contributed by atoms with Gasteiger partial charge < -0.3 is 9.88 Å². The van der Waals surface area contributed by atoms with Crippen LogP contribution in [0.1, 0.15) is 6.92 Å². The molecule has 1 aliphatic rings. The van der Waals surface area contributed by atoms with Gasteiger partial charge in [-0.3, -0.25) is 9.69 Å². The third-order valence-electron chi connectivity index (χ3n) is 3.81.